The van der Waals surface area contributed by atoms with Crippen molar-refractivity contribution in [3.05, 3.63) is 34.2 Å². The summed E-state index contributed by atoms with van der Waals surface area (Å²) in [5, 5.41) is 29.5. The summed E-state index contributed by atoms with van der Waals surface area (Å²) in [7, 11) is 0. The molecular formula is C14H16BrFN6O2. The maximum absolute atomic E-state index is 13.3. The Labute approximate surface area is 145 Å². The molecule has 0 amide bonds. The summed E-state index contributed by atoms with van der Waals surface area (Å²) >= 11 is 3.10. The van der Waals surface area contributed by atoms with Crippen molar-refractivity contribution >= 4 is 33.3 Å². The second-order valence-corrected chi connectivity index (χ2v) is 6.19. The Kier molecular flexibility index (Phi) is 5.26. The summed E-state index contributed by atoms with van der Waals surface area (Å²) in [5.41, 5.74) is 0.767. The average molecular weight is 399 g/mol. The van der Waals surface area contributed by atoms with Crippen LogP contribution in [0.4, 0.5) is 15.9 Å². The lowest BCUT2D eigenvalue weighted by Crippen LogP contribution is -2.35. The van der Waals surface area contributed by atoms with Gasteiger partial charge in [0, 0.05) is 11.7 Å². The number of piperidine rings is 1. The van der Waals surface area contributed by atoms with Crippen molar-refractivity contribution in [1.82, 2.24) is 15.6 Å². The zero-order valence-electron chi connectivity index (χ0n) is 12.6. The van der Waals surface area contributed by atoms with E-state index in [1.54, 1.807) is 0 Å². The van der Waals surface area contributed by atoms with E-state index in [4.69, 9.17) is 4.63 Å². The first-order valence-corrected chi connectivity index (χ1v) is 8.21. The molecule has 8 nitrogen and oxygen atoms in total. The topological polar surface area (TPSA) is 108 Å². The van der Waals surface area contributed by atoms with Gasteiger partial charge in [-0.15, -0.1) is 0 Å². The molecule has 0 spiro atoms. The summed E-state index contributed by atoms with van der Waals surface area (Å²) in [6.45, 7) is 1.84. The molecule has 3 rings (SSSR count). The van der Waals surface area contributed by atoms with Gasteiger partial charge in [-0.05, 0) is 70.4 Å². The molecule has 10 heteroatoms. The molecule has 0 atom stereocenters. The van der Waals surface area contributed by atoms with Gasteiger partial charge in [0.25, 0.3) is 0 Å². The third-order valence-corrected chi connectivity index (χ3v) is 4.28. The first-order chi connectivity index (χ1) is 11.7. The van der Waals surface area contributed by atoms with Gasteiger partial charge in [-0.1, -0.05) is 5.16 Å². The molecule has 1 saturated heterocycles. The Morgan fingerprint density at radius 2 is 2.17 bits per heavy atom. The van der Waals surface area contributed by atoms with Crippen LogP contribution in [0.15, 0.2) is 32.5 Å². The third-order valence-electron chi connectivity index (χ3n) is 3.68. The summed E-state index contributed by atoms with van der Waals surface area (Å²) in [6.07, 6.45) is 1.88. The van der Waals surface area contributed by atoms with Crippen LogP contribution >= 0.6 is 15.9 Å². The van der Waals surface area contributed by atoms with Crippen molar-refractivity contribution in [3.8, 4) is 0 Å². The second-order valence-electron chi connectivity index (χ2n) is 5.33. The molecule has 1 aromatic heterocycles. The molecule has 2 aromatic rings. The van der Waals surface area contributed by atoms with Crippen LogP contribution in [0.3, 0.4) is 0 Å². The van der Waals surface area contributed by atoms with E-state index in [9.17, 15) is 9.60 Å². The number of aromatic nitrogens is 2. The zero-order valence-corrected chi connectivity index (χ0v) is 14.2. The Morgan fingerprint density at radius 1 is 1.38 bits per heavy atom. The minimum absolute atomic E-state index is 0.0474. The zero-order chi connectivity index (χ0) is 16.9. The molecule has 4 N–H and O–H groups in total. The molecule has 1 fully saturated rings. The predicted octanol–water partition coefficient (Wildman–Crippen LogP) is 2.38. The smallest absolute Gasteiger partial charge is 0.203 e. The van der Waals surface area contributed by atoms with E-state index < -0.39 is 0 Å². The highest BCUT2D eigenvalue weighted by Gasteiger charge is 2.21. The van der Waals surface area contributed by atoms with Gasteiger partial charge in [0.2, 0.25) is 11.7 Å². The van der Waals surface area contributed by atoms with Crippen LogP contribution in [0, 0.1) is 5.82 Å². The monoisotopic (exact) mass is 398 g/mol. The van der Waals surface area contributed by atoms with Crippen LogP contribution in [0.2, 0.25) is 0 Å². The number of rotatable bonds is 4. The first kappa shape index (κ1) is 16.7. The number of nitrogens with zero attached hydrogens (tertiary/aromatic N) is 3. The number of nitrogens with one attached hydrogen (secondary N) is 3. The number of hydrogen-bond donors (Lipinski definition) is 4. The quantitative estimate of drug-likeness (QED) is 0.271. The van der Waals surface area contributed by atoms with Crippen molar-refractivity contribution in [1.29, 1.82) is 0 Å². The van der Waals surface area contributed by atoms with Crippen molar-refractivity contribution in [2.24, 2.45) is 5.16 Å². The molecule has 24 heavy (non-hydrogen) atoms. The molecule has 0 aliphatic carbocycles. The second kappa shape index (κ2) is 7.58. The highest BCUT2D eigenvalue weighted by molar-refractivity contribution is 9.10. The van der Waals surface area contributed by atoms with Gasteiger partial charge in [0.05, 0.1) is 4.47 Å². The van der Waals surface area contributed by atoms with Gasteiger partial charge < -0.3 is 21.2 Å². The van der Waals surface area contributed by atoms with Crippen LogP contribution in [-0.4, -0.2) is 40.5 Å². The molecule has 0 bridgehead atoms. The van der Waals surface area contributed by atoms with Crippen LogP contribution in [-0.2, 0) is 0 Å². The normalized spacial score (nSPS) is 16.2. The molecule has 1 aliphatic rings. The van der Waals surface area contributed by atoms with Gasteiger partial charge >= 0.3 is 0 Å². The molecule has 0 radical (unpaired) electrons. The summed E-state index contributed by atoms with van der Waals surface area (Å²) in [5.74, 6) is 0.0500. The number of halogens is 2. The predicted molar refractivity (Wildman–Crippen MR) is 89.9 cm³/mol. The Bertz CT molecular complexity index is 732. The van der Waals surface area contributed by atoms with Crippen molar-refractivity contribution in [3.63, 3.8) is 0 Å². The third kappa shape index (κ3) is 3.82. The molecule has 1 aliphatic heterocycles. The van der Waals surface area contributed by atoms with E-state index >= 15 is 0 Å². The molecule has 1 aromatic carbocycles. The van der Waals surface area contributed by atoms with Crippen molar-refractivity contribution in [2.75, 3.05) is 23.7 Å². The Balaban J connectivity index is 1.76. The Hall–Kier alpha value is -2.20. The fourth-order valence-corrected chi connectivity index (χ4v) is 2.82. The first-order valence-electron chi connectivity index (χ1n) is 7.41. The summed E-state index contributed by atoms with van der Waals surface area (Å²) in [4.78, 5) is 0. The lowest BCUT2D eigenvalue weighted by molar-refractivity contribution is 0.304. The minimum Gasteiger partial charge on any atom is -0.409 e. The highest BCUT2D eigenvalue weighted by atomic mass is 79.9. The number of hydrogen-bond acceptors (Lipinski definition) is 7. The maximum Gasteiger partial charge on any atom is 0.203 e. The van der Waals surface area contributed by atoms with Gasteiger partial charge in [-0.3, -0.25) is 0 Å². The highest BCUT2D eigenvalue weighted by Crippen LogP contribution is 2.22. The van der Waals surface area contributed by atoms with Crippen LogP contribution in [0.1, 0.15) is 18.5 Å². The van der Waals surface area contributed by atoms with E-state index in [0.29, 0.717) is 11.5 Å². The fraction of sp³-hybridized carbons (Fsp3) is 0.357. The number of benzene rings is 1. The lowest BCUT2D eigenvalue weighted by Gasteiger charge is -2.23. The van der Waals surface area contributed by atoms with E-state index in [0.717, 1.165) is 25.9 Å². The van der Waals surface area contributed by atoms with Crippen LogP contribution in [0.5, 0.6) is 0 Å². The van der Waals surface area contributed by atoms with Crippen LogP contribution < -0.4 is 16.0 Å². The van der Waals surface area contributed by atoms with E-state index in [-0.39, 0.29) is 27.9 Å². The Morgan fingerprint density at radius 3 is 2.88 bits per heavy atom. The molecule has 128 valence electrons. The largest absolute Gasteiger partial charge is 0.409 e. The van der Waals surface area contributed by atoms with Gasteiger partial charge in [0.1, 0.15) is 5.82 Å². The molecule has 0 unspecified atom stereocenters. The number of amidine groups is 1. The van der Waals surface area contributed by atoms with E-state index in [1.807, 2.05) is 0 Å². The standard InChI is InChI=1S/C14H16BrFN6O2/c15-10-7-9(1-2-11(10)16)19-13(20-23)12-14(22-24-21-12)18-8-3-5-17-6-4-8/h1-2,7-8,17,23H,3-6H2,(H,18,22)(H,19,20). The number of anilines is 2. The average Bonchev–Trinajstić information content (AvgIpc) is 3.05. The van der Waals surface area contributed by atoms with Gasteiger partial charge in [0.15, 0.2) is 5.69 Å². The lowest BCUT2D eigenvalue weighted by atomic mass is 10.1. The van der Waals surface area contributed by atoms with E-state index in [1.165, 1.54) is 18.2 Å². The van der Waals surface area contributed by atoms with E-state index in [2.05, 4.69) is 47.3 Å². The number of oxime groups is 1. The summed E-state index contributed by atoms with van der Waals surface area (Å²) in [6, 6.07) is 4.56. The van der Waals surface area contributed by atoms with Crippen molar-refractivity contribution in [2.45, 2.75) is 18.9 Å². The van der Waals surface area contributed by atoms with Crippen LogP contribution in [0.25, 0.3) is 0 Å². The molecule has 0 saturated carbocycles. The maximum atomic E-state index is 13.3. The molecular weight excluding hydrogens is 383 g/mol. The van der Waals surface area contributed by atoms with Crippen molar-refractivity contribution < 1.29 is 14.2 Å². The fourth-order valence-electron chi connectivity index (χ4n) is 2.44. The molecule has 2 heterocycles. The minimum atomic E-state index is -0.389. The SMILES string of the molecule is ON=C(Nc1ccc(F)c(Br)c1)c1nonc1NC1CCNCC1. The van der Waals surface area contributed by atoms with Gasteiger partial charge in [-0.2, -0.15) is 0 Å². The van der Waals surface area contributed by atoms with Gasteiger partial charge in [-0.25, -0.2) is 9.02 Å². The summed E-state index contributed by atoms with van der Waals surface area (Å²) < 4.78 is 18.4.